The second kappa shape index (κ2) is 6.51. The number of piperidine rings is 1. The van der Waals surface area contributed by atoms with E-state index < -0.39 is 0 Å². The molecule has 0 atom stereocenters. The third-order valence-corrected chi connectivity index (χ3v) is 3.92. The van der Waals surface area contributed by atoms with E-state index in [0.29, 0.717) is 11.4 Å². The molecule has 0 radical (unpaired) electrons. The first-order valence-corrected chi connectivity index (χ1v) is 7.52. The Kier molecular flexibility index (Phi) is 4.27. The molecule has 0 spiro atoms. The molecule has 0 unspecified atom stereocenters. The summed E-state index contributed by atoms with van der Waals surface area (Å²) in [6.45, 7) is 4.30. The average molecular weight is 297 g/mol. The minimum absolute atomic E-state index is 0.234. The van der Waals surface area contributed by atoms with Crippen LogP contribution in [0, 0.1) is 5.92 Å². The lowest BCUT2D eigenvalue weighted by molar-refractivity contribution is 0.102. The van der Waals surface area contributed by atoms with E-state index in [1.54, 1.807) is 24.4 Å². The van der Waals surface area contributed by atoms with Gasteiger partial charge in [0.25, 0.3) is 5.91 Å². The Bertz CT molecular complexity index is 621. The van der Waals surface area contributed by atoms with E-state index in [1.807, 2.05) is 6.07 Å². The Balaban J connectivity index is 1.63. The zero-order valence-electron chi connectivity index (χ0n) is 12.6. The SMILES string of the molecule is CC1CCN(c2ccc(NC(=O)c3cccnc3)nn2)CC1. The molecule has 1 saturated heterocycles. The van der Waals surface area contributed by atoms with Crippen LogP contribution in [0.2, 0.25) is 0 Å². The lowest BCUT2D eigenvalue weighted by atomic mass is 9.99. The maximum atomic E-state index is 12.0. The highest BCUT2D eigenvalue weighted by Gasteiger charge is 2.17. The van der Waals surface area contributed by atoms with E-state index >= 15 is 0 Å². The van der Waals surface area contributed by atoms with Crippen molar-refractivity contribution in [1.29, 1.82) is 0 Å². The normalized spacial score (nSPS) is 15.6. The Labute approximate surface area is 129 Å². The van der Waals surface area contributed by atoms with Gasteiger partial charge in [0.2, 0.25) is 0 Å². The van der Waals surface area contributed by atoms with Gasteiger partial charge in [0.15, 0.2) is 11.6 Å². The molecule has 1 amide bonds. The molecule has 0 aliphatic carbocycles. The first-order chi connectivity index (χ1) is 10.7. The van der Waals surface area contributed by atoms with Gasteiger partial charge in [-0.25, -0.2) is 0 Å². The van der Waals surface area contributed by atoms with Crippen LogP contribution in [-0.4, -0.2) is 34.2 Å². The Morgan fingerprint density at radius 3 is 2.68 bits per heavy atom. The molecule has 3 rings (SSSR count). The summed E-state index contributed by atoms with van der Waals surface area (Å²) < 4.78 is 0. The Morgan fingerprint density at radius 2 is 2.05 bits per heavy atom. The molecule has 2 aromatic rings. The van der Waals surface area contributed by atoms with Gasteiger partial charge in [0.1, 0.15) is 0 Å². The van der Waals surface area contributed by atoms with Crippen molar-refractivity contribution in [2.75, 3.05) is 23.3 Å². The van der Waals surface area contributed by atoms with Crippen molar-refractivity contribution in [3.63, 3.8) is 0 Å². The number of hydrogen-bond acceptors (Lipinski definition) is 5. The van der Waals surface area contributed by atoms with Crippen LogP contribution < -0.4 is 10.2 Å². The Hall–Kier alpha value is -2.50. The maximum absolute atomic E-state index is 12.0. The summed E-state index contributed by atoms with van der Waals surface area (Å²) in [6.07, 6.45) is 5.51. The lowest BCUT2D eigenvalue weighted by Crippen LogP contribution is -2.33. The first kappa shape index (κ1) is 14.4. The molecule has 3 heterocycles. The van der Waals surface area contributed by atoms with E-state index in [0.717, 1.165) is 24.8 Å². The van der Waals surface area contributed by atoms with E-state index in [-0.39, 0.29) is 5.91 Å². The van der Waals surface area contributed by atoms with Crippen LogP contribution in [0.5, 0.6) is 0 Å². The monoisotopic (exact) mass is 297 g/mol. The molecule has 6 nitrogen and oxygen atoms in total. The van der Waals surface area contributed by atoms with Gasteiger partial charge in [-0.3, -0.25) is 9.78 Å². The third-order valence-electron chi connectivity index (χ3n) is 3.92. The van der Waals surface area contributed by atoms with Crippen molar-refractivity contribution in [1.82, 2.24) is 15.2 Å². The highest BCUT2D eigenvalue weighted by atomic mass is 16.1. The van der Waals surface area contributed by atoms with E-state index in [2.05, 4.69) is 32.3 Å². The number of hydrogen-bond donors (Lipinski definition) is 1. The fourth-order valence-corrected chi connectivity index (χ4v) is 2.48. The van der Waals surface area contributed by atoms with Crippen molar-refractivity contribution in [3.05, 3.63) is 42.2 Å². The predicted octanol–water partition coefficient (Wildman–Crippen LogP) is 2.36. The van der Waals surface area contributed by atoms with E-state index in [1.165, 1.54) is 19.0 Å². The zero-order chi connectivity index (χ0) is 15.4. The second-order valence-corrected chi connectivity index (χ2v) is 5.64. The molecule has 1 fully saturated rings. The number of carbonyl (C=O) groups excluding carboxylic acids is 1. The van der Waals surface area contributed by atoms with Crippen LogP contribution in [0.4, 0.5) is 11.6 Å². The van der Waals surface area contributed by atoms with Crippen LogP contribution in [-0.2, 0) is 0 Å². The van der Waals surface area contributed by atoms with Crippen molar-refractivity contribution < 1.29 is 4.79 Å². The van der Waals surface area contributed by atoms with Crippen molar-refractivity contribution >= 4 is 17.5 Å². The lowest BCUT2D eigenvalue weighted by Gasteiger charge is -2.30. The van der Waals surface area contributed by atoms with Gasteiger partial charge in [-0.2, -0.15) is 0 Å². The fraction of sp³-hybridized carbons (Fsp3) is 0.375. The zero-order valence-corrected chi connectivity index (χ0v) is 12.6. The summed E-state index contributed by atoms with van der Waals surface area (Å²) in [7, 11) is 0. The molecule has 6 heteroatoms. The van der Waals surface area contributed by atoms with Gasteiger partial charge in [-0.15, -0.1) is 10.2 Å². The number of rotatable bonds is 3. The smallest absolute Gasteiger partial charge is 0.258 e. The van der Waals surface area contributed by atoms with Gasteiger partial charge in [0.05, 0.1) is 5.56 Å². The van der Waals surface area contributed by atoms with Crippen LogP contribution in [0.15, 0.2) is 36.7 Å². The van der Waals surface area contributed by atoms with Gasteiger partial charge in [-0.05, 0) is 43.0 Å². The van der Waals surface area contributed by atoms with Crippen LogP contribution in [0.3, 0.4) is 0 Å². The highest BCUT2D eigenvalue weighted by Crippen LogP contribution is 2.21. The third kappa shape index (κ3) is 3.39. The second-order valence-electron chi connectivity index (χ2n) is 5.64. The minimum atomic E-state index is -0.234. The minimum Gasteiger partial charge on any atom is -0.355 e. The first-order valence-electron chi connectivity index (χ1n) is 7.52. The molecule has 22 heavy (non-hydrogen) atoms. The molecule has 1 N–H and O–H groups in total. The molecule has 114 valence electrons. The topological polar surface area (TPSA) is 71.0 Å². The molecule has 0 aromatic carbocycles. The summed E-state index contributed by atoms with van der Waals surface area (Å²) in [5, 5.41) is 11.0. The molecule has 1 aliphatic rings. The molecular formula is C16H19N5O. The van der Waals surface area contributed by atoms with Crippen molar-refractivity contribution in [2.24, 2.45) is 5.92 Å². The number of pyridine rings is 1. The fourth-order valence-electron chi connectivity index (χ4n) is 2.48. The van der Waals surface area contributed by atoms with E-state index in [9.17, 15) is 4.79 Å². The van der Waals surface area contributed by atoms with Crippen LogP contribution in [0.1, 0.15) is 30.1 Å². The summed E-state index contributed by atoms with van der Waals surface area (Å²) in [4.78, 5) is 18.2. The summed E-state index contributed by atoms with van der Waals surface area (Å²) in [5.74, 6) is 1.86. The molecule has 2 aromatic heterocycles. The van der Waals surface area contributed by atoms with Gasteiger partial charge >= 0.3 is 0 Å². The Morgan fingerprint density at radius 1 is 1.23 bits per heavy atom. The number of nitrogens with zero attached hydrogens (tertiary/aromatic N) is 4. The standard InChI is InChI=1S/C16H19N5O/c1-12-6-9-21(10-7-12)15-5-4-14(19-20-15)18-16(22)13-3-2-8-17-11-13/h2-5,8,11-12H,6-7,9-10H2,1H3,(H,18,19,22). The number of anilines is 2. The molecule has 0 saturated carbocycles. The van der Waals surface area contributed by atoms with Crippen molar-refractivity contribution in [2.45, 2.75) is 19.8 Å². The molecule has 0 bridgehead atoms. The number of amides is 1. The number of carbonyl (C=O) groups is 1. The van der Waals surface area contributed by atoms with Crippen LogP contribution >= 0.6 is 0 Å². The van der Waals surface area contributed by atoms with Crippen molar-refractivity contribution in [3.8, 4) is 0 Å². The largest absolute Gasteiger partial charge is 0.355 e. The molecular weight excluding hydrogens is 278 g/mol. The maximum Gasteiger partial charge on any atom is 0.258 e. The summed E-state index contributed by atoms with van der Waals surface area (Å²) in [5.41, 5.74) is 0.499. The number of nitrogens with one attached hydrogen (secondary N) is 1. The highest BCUT2D eigenvalue weighted by molar-refractivity contribution is 6.03. The van der Waals surface area contributed by atoms with Crippen LogP contribution in [0.25, 0.3) is 0 Å². The summed E-state index contributed by atoms with van der Waals surface area (Å²) in [6, 6.07) is 7.12. The number of aromatic nitrogens is 3. The van der Waals surface area contributed by atoms with Gasteiger partial charge < -0.3 is 10.2 Å². The summed E-state index contributed by atoms with van der Waals surface area (Å²) >= 11 is 0. The van der Waals surface area contributed by atoms with E-state index in [4.69, 9.17) is 0 Å². The average Bonchev–Trinajstić information content (AvgIpc) is 2.57. The van der Waals surface area contributed by atoms with Gasteiger partial charge in [-0.1, -0.05) is 6.92 Å². The molecule has 1 aliphatic heterocycles. The van der Waals surface area contributed by atoms with Gasteiger partial charge in [0, 0.05) is 25.5 Å². The predicted molar refractivity (Wildman–Crippen MR) is 84.8 cm³/mol. The quantitative estimate of drug-likeness (QED) is 0.941.